The summed E-state index contributed by atoms with van der Waals surface area (Å²) in [5.41, 5.74) is 0.863. The fraction of sp³-hybridized carbons (Fsp3) is 0.600. The van der Waals surface area contributed by atoms with Gasteiger partial charge in [0.05, 0.1) is 5.56 Å². The van der Waals surface area contributed by atoms with Gasteiger partial charge in [-0.1, -0.05) is 25.5 Å². The molecular weight excluding hydrogens is 251 g/mol. The molecule has 0 N–H and O–H groups in total. The summed E-state index contributed by atoms with van der Waals surface area (Å²) in [7, 11) is 0. The zero-order valence-corrected chi connectivity index (χ0v) is 11.8. The highest BCUT2D eigenvalue weighted by atomic mass is 19.4. The summed E-state index contributed by atoms with van der Waals surface area (Å²) < 4.78 is 38.3. The Labute approximate surface area is 113 Å². The summed E-state index contributed by atoms with van der Waals surface area (Å²) in [6, 6.07) is 4.31. The van der Waals surface area contributed by atoms with Gasteiger partial charge in [0, 0.05) is 6.54 Å². The van der Waals surface area contributed by atoms with Crippen LogP contribution in [0.2, 0.25) is 0 Å². The third-order valence-corrected chi connectivity index (χ3v) is 2.95. The molecule has 1 nitrogen and oxygen atoms in total. The second kappa shape index (κ2) is 6.94. The Hall–Kier alpha value is -1.03. The van der Waals surface area contributed by atoms with Gasteiger partial charge in [0.15, 0.2) is 0 Å². The van der Waals surface area contributed by atoms with Crippen molar-refractivity contribution < 1.29 is 13.2 Å². The summed E-state index contributed by atoms with van der Waals surface area (Å²) in [6.07, 6.45) is -2.24. The molecule has 19 heavy (non-hydrogen) atoms. The van der Waals surface area contributed by atoms with Gasteiger partial charge in [0.2, 0.25) is 0 Å². The van der Waals surface area contributed by atoms with Gasteiger partial charge in [-0.2, -0.15) is 13.2 Å². The van der Waals surface area contributed by atoms with Crippen LogP contribution in [-0.4, -0.2) is 18.0 Å². The third kappa shape index (κ3) is 5.23. The van der Waals surface area contributed by atoms with Gasteiger partial charge in [-0.3, -0.25) is 4.90 Å². The van der Waals surface area contributed by atoms with Gasteiger partial charge >= 0.3 is 6.18 Å². The van der Waals surface area contributed by atoms with E-state index in [-0.39, 0.29) is 0 Å². The summed E-state index contributed by atoms with van der Waals surface area (Å²) in [5, 5.41) is 0. The Kier molecular flexibility index (Phi) is 5.85. The van der Waals surface area contributed by atoms with Crippen molar-refractivity contribution in [3.05, 3.63) is 34.9 Å². The van der Waals surface area contributed by atoms with Crippen LogP contribution in [0.15, 0.2) is 18.2 Å². The van der Waals surface area contributed by atoms with Gasteiger partial charge < -0.3 is 0 Å². The van der Waals surface area contributed by atoms with Crippen LogP contribution in [0.25, 0.3) is 0 Å². The normalized spacial score (nSPS) is 12.2. The molecule has 0 aliphatic heterocycles. The molecule has 0 aliphatic carbocycles. The fourth-order valence-electron chi connectivity index (χ4n) is 2.28. The third-order valence-electron chi connectivity index (χ3n) is 2.95. The van der Waals surface area contributed by atoms with Crippen molar-refractivity contribution in [3.63, 3.8) is 0 Å². The highest BCUT2D eigenvalue weighted by Gasteiger charge is 2.30. The molecule has 0 saturated heterocycles. The molecular formula is C15H22F3N. The van der Waals surface area contributed by atoms with Gasteiger partial charge in [-0.15, -0.1) is 0 Å². The minimum atomic E-state index is -4.26. The molecule has 1 rings (SSSR count). The van der Waals surface area contributed by atoms with E-state index in [9.17, 15) is 13.2 Å². The van der Waals surface area contributed by atoms with Gasteiger partial charge in [0.25, 0.3) is 0 Å². The van der Waals surface area contributed by atoms with Crippen molar-refractivity contribution >= 4 is 0 Å². The van der Waals surface area contributed by atoms with Crippen molar-refractivity contribution in [1.82, 2.24) is 4.90 Å². The maximum Gasteiger partial charge on any atom is 0.416 e. The van der Waals surface area contributed by atoms with E-state index in [2.05, 4.69) is 18.7 Å². The molecule has 0 aliphatic rings. The number of aryl methyl sites for hydroxylation is 1. The Bertz CT molecular complexity index is 393. The number of hydrogen-bond donors (Lipinski definition) is 0. The summed E-state index contributed by atoms with van der Waals surface area (Å²) >= 11 is 0. The van der Waals surface area contributed by atoms with Crippen LogP contribution in [0.4, 0.5) is 13.2 Å². The smallest absolute Gasteiger partial charge is 0.299 e. The first kappa shape index (κ1) is 16.0. The summed E-state index contributed by atoms with van der Waals surface area (Å²) in [4.78, 5) is 2.20. The summed E-state index contributed by atoms with van der Waals surface area (Å²) in [6.45, 7) is 8.31. The average molecular weight is 273 g/mol. The zero-order chi connectivity index (χ0) is 14.5. The van der Waals surface area contributed by atoms with Gasteiger partial charge in [0.1, 0.15) is 0 Å². The lowest BCUT2D eigenvalue weighted by Gasteiger charge is -2.22. The first-order valence-electron chi connectivity index (χ1n) is 6.77. The molecule has 0 spiro atoms. The number of alkyl halides is 3. The quantitative estimate of drug-likeness (QED) is 0.730. The standard InChI is InChI=1S/C15H22F3N/c1-4-6-19(7-5-2)11-13-8-12(3)9-14(10-13)15(16,17)18/h8-10H,4-7,11H2,1-3H3. The molecule has 0 amide bonds. The lowest BCUT2D eigenvalue weighted by molar-refractivity contribution is -0.137. The van der Waals surface area contributed by atoms with E-state index >= 15 is 0 Å². The molecule has 1 aromatic rings. The predicted molar refractivity (Wildman–Crippen MR) is 72.0 cm³/mol. The van der Waals surface area contributed by atoms with E-state index < -0.39 is 11.7 Å². The molecule has 0 aromatic heterocycles. The van der Waals surface area contributed by atoms with Crippen molar-refractivity contribution in [2.75, 3.05) is 13.1 Å². The highest BCUT2D eigenvalue weighted by Crippen LogP contribution is 2.30. The first-order valence-corrected chi connectivity index (χ1v) is 6.77. The molecule has 0 radical (unpaired) electrons. The van der Waals surface area contributed by atoms with E-state index in [0.717, 1.165) is 31.5 Å². The Balaban J connectivity index is 2.90. The number of halogens is 3. The lowest BCUT2D eigenvalue weighted by atomic mass is 10.1. The van der Waals surface area contributed by atoms with E-state index in [0.29, 0.717) is 12.1 Å². The van der Waals surface area contributed by atoms with Crippen LogP contribution in [-0.2, 0) is 12.7 Å². The maximum atomic E-state index is 12.8. The van der Waals surface area contributed by atoms with Crippen molar-refractivity contribution in [3.8, 4) is 0 Å². The minimum absolute atomic E-state index is 0.546. The highest BCUT2D eigenvalue weighted by molar-refractivity contribution is 5.31. The van der Waals surface area contributed by atoms with Crippen LogP contribution >= 0.6 is 0 Å². The van der Waals surface area contributed by atoms with E-state index in [1.165, 1.54) is 12.1 Å². The molecule has 1 aromatic carbocycles. The second-order valence-electron chi connectivity index (χ2n) is 4.98. The maximum absolute atomic E-state index is 12.8. The van der Waals surface area contributed by atoms with Crippen LogP contribution in [0.5, 0.6) is 0 Å². The Morgan fingerprint density at radius 3 is 2.05 bits per heavy atom. The molecule has 4 heteroatoms. The monoisotopic (exact) mass is 273 g/mol. The lowest BCUT2D eigenvalue weighted by Crippen LogP contribution is -2.25. The second-order valence-corrected chi connectivity index (χ2v) is 4.98. The van der Waals surface area contributed by atoms with Crippen LogP contribution in [0, 0.1) is 6.92 Å². The van der Waals surface area contributed by atoms with Crippen LogP contribution in [0.3, 0.4) is 0 Å². The Morgan fingerprint density at radius 1 is 1.00 bits per heavy atom. The van der Waals surface area contributed by atoms with Crippen LogP contribution < -0.4 is 0 Å². The molecule has 108 valence electrons. The molecule has 0 unspecified atom stereocenters. The topological polar surface area (TPSA) is 3.24 Å². The number of benzene rings is 1. The fourth-order valence-corrected chi connectivity index (χ4v) is 2.28. The van der Waals surface area contributed by atoms with Crippen LogP contribution in [0.1, 0.15) is 43.4 Å². The van der Waals surface area contributed by atoms with Crippen molar-refractivity contribution in [2.45, 2.75) is 46.3 Å². The van der Waals surface area contributed by atoms with Crippen molar-refractivity contribution in [1.29, 1.82) is 0 Å². The summed E-state index contributed by atoms with van der Waals surface area (Å²) in [5.74, 6) is 0. The number of nitrogens with zero attached hydrogens (tertiary/aromatic N) is 1. The number of hydrogen-bond acceptors (Lipinski definition) is 1. The SMILES string of the molecule is CCCN(CCC)Cc1cc(C)cc(C(F)(F)F)c1. The van der Waals surface area contributed by atoms with E-state index in [1.807, 2.05) is 6.07 Å². The van der Waals surface area contributed by atoms with Gasteiger partial charge in [-0.05, 0) is 50.6 Å². The molecule has 0 saturated carbocycles. The predicted octanol–water partition coefficient (Wildman–Crippen LogP) is 4.64. The van der Waals surface area contributed by atoms with Crippen molar-refractivity contribution in [2.24, 2.45) is 0 Å². The zero-order valence-electron chi connectivity index (χ0n) is 11.8. The molecule has 0 heterocycles. The molecule has 0 bridgehead atoms. The Morgan fingerprint density at radius 2 is 1.58 bits per heavy atom. The minimum Gasteiger partial charge on any atom is -0.299 e. The molecule has 0 fully saturated rings. The molecule has 0 atom stereocenters. The van der Waals surface area contributed by atoms with E-state index in [1.54, 1.807) is 6.92 Å². The van der Waals surface area contributed by atoms with Gasteiger partial charge in [-0.25, -0.2) is 0 Å². The van der Waals surface area contributed by atoms with E-state index in [4.69, 9.17) is 0 Å². The largest absolute Gasteiger partial charge is 0.416 e. The average Bonchev–Trinajstić information content (AvgIpc) is 2.27. The number of rotatable bonds is 6. The first-order chi connectivity index (χ1) is 8.86.